The first kappa shape index (κ1) is 13.5. The second-order valence-corrected chi connectivity index (χ2v) is 6.47. The van der Waals surface area contributed by atoms with Gasteiger partial charge in [-0.1, -0.05) is 25.9 Å². The molecule has 2 rings (SSSR count). The van der Waals surface area contributed by atoms with E-state index >= 15 is 0 Å². The summed E-state index contributed by atoms with van der Waals surface area (Å²) >= 11 is 0. The van der Waals surface area contributed by atoms with Crippen LogP contribution in [0.4, 0.5) is 0 Å². The fourth-order valence-corrected chi connectivity index (χ4v) is 2.85. The largest absolute Gasteiger partial charge is 0.343 e. The van der Waals surface area contributed by atoms with Gasteiger partial charge < -0.3 is 9.84 Å². The lowest BCUT2D eigenvalue weighted by Gasteiger charge is -2.37. The Morgan fingerprint density at radius 1 is 1.28 bits per heavy atom. The molecule has 0 amide bonds. The minimum absolute atomic E-state index is 0.468. The average Bonchev–Trinajstić information content (AvgIpc) is 2.82. The first-order valence-corrected chi connectivity index (χ1v) is 7.04. The van der Waals surface area contributed by atoms with Gasteiger partial charge in [0, 0.05) is 19.0 Å². The highest BCUT2D eigenvalue weighted by atomic mass is 16.5. The van der Waals surface area contributed by atoms with E-state index in [0.717, 1.165) is 24.7 Å². The van der Waals surface area contributed by atoms with Crippen molar-refractivity contribution in [2.45, 2.75) is 58.9 Å². The van der Waals surface area contributed by atoms with E-state index in [1.807, 2.05) is 0 Å². The molecule has 0 aromatic carbocycles. The molecule has 1 fully saturated rings. The molecule has 1 N–H and O–H groups in total. The maximum absolute atomic E-state index is 4.72. The van der Waals surface area contributed by atoms with E-state index in [9.17, 15) is 0 Å². The molecular formula is C14H25N3O. The number of rotatable bonds is 4. The summed E-state index contributed by atoms with van der Waals surface area (Å²) in [6.07, 6.45) is 7.55. The summed E-state index contributed by atoms with van der Waals surface area (Å²) in [6, 6.07) is 0.676. The van der Waals surface area contributed by atoms with Crippen molar-refractivity contribution in [2.24, 2.45) is 11.3 Å². The Morgan fingerprint density at radius 2 is 2.00 bits per heavy atom. The van der Waals surface area contributed by atoms with Crippen molar-refractivity contribution in [1.82, 2.24) is 15.5 Å². The SMILES string of the molecule is CC(C)(C)C1CCC(NCCc2ncon2)CC1. The van der Waals surface area contributed by atoms with Crippen LogP contribution in [0.5, 0.6) is 0 Å². The van der Waals surface area contributed by atoms with Crippen molar-refractivity contribution in [3.63, 3.8) is 0 Å². The maximum Gasteiger partial charge on any atom is 0.213 e. The lowest BCUT2D eigenvalue weighted by Crippen LogP contribution is -2.37. The molecule has 1 saturated carbocycles. The van der Waals surface area contributed by atoms with Gasteiger partial charge in [0.2, 0.25) is 6.39 Å². The first-order chi connectivity index (χ1) is 8.55. The van der Waals surface area contributed by atoms with Gasteiger partial charge in [-0.25, -0.2) is 0 Å². The second-order valence-electron chi connectivity index (χ2n) is 6.47. The fourth-order valence-electron chi connectivity index (χ4n) is 2.85. The molecule has 1 heterocycles. The minimum Gasteiger partial charge on any atom is -0.343 e. The predicted molar refractivity (Wildman–Crippen MR) is 71.2 cm³/mol. The Kier molecular flexibility index (Phi) is 4.38. The van der Waals surface area contributed by atoms with Crippen LogP contribution >= 0.6 is 0 Å². The summed E-state index contributed by atoms with van der Waals surface area (Å²) < 4.78 is 4.72. The van der Waals surface area contributed by atoms with Crippen molar-refractivity contribution in [3.8, 4) is 0 Å². The quantitative estimate of drug-likeness (QED) is 0.894. The maximum atomic E-state index is 4.72. The summed E-state index contributed by atoms with van der Waals surface area (Å²) in [4.78, 5) is 4.03. The van der Waals surface area contributed by atoms with Crippen molar-refractivity contribution in [2.75, 3.05) is 6.54 Å². The zero-order valence-electron chi connectivity index (χ0n) is 11.8. The molecule has 18 heavy (non-hydrogen) atoms. The molecule has 4 heteroatoms. The van der Waals surface area contributed by atoms with Crippen LogP contribution in [0.3, 0.4) is 0 Å². The minimum atomic E-state index is 0.468. The summed E-state index contributed by atoms with van der Waals surface area (Å²) in [5.74, 6) is 1.68. The molecule has 4 nitrogen and oxygen atoms in total. The monoisotopic (exact) mass is 251 g/mol. The van der Waals surface area contributed by atoms with E-state index in [1.54, 1.807) is 0 Å². The number of hydrogen-bond acceptors (Lipinski definition) is 4. The molecule has 1 aliphatic carbocycles. The molecule has 0 bridgehead atoms. The Balaban J connectivity index is 1.65. The summed E-state index contributed by atoms with van der Waals surface area (Å²) in [5, 5.41) is 7.43. The molecule has 1 aromatic rings. The first-order valence-electron chi connectivity index (χ1n) is 7.04. The second kappa shape index (κ2) is 5.83. The highest BCUT2D eigenvalue weighted by Crippen LogP contribution is 2.37. The third-order valence-electron chi connectivity index (χ3n) is 4.14. The van der Waals surface area contributed by atoms with E-state index in [-0.39, 0.29) is 0 Å². The van der Waals surface area contributed by atoms with Gasteiger partial charge in [0.05, 0.1) is 0 Å². The zero-order chi connectivity index (χ0) is 13.0. The molecule has 102 valence electrons. The molecule has 0 atom stereocenters. The number of nitrogens with one attached hydrogen (secondary N) is 1. The van der Waals surface area contributed by atoms with Crippen LogP contribution in [0.2, 0.25) is 0 Å². The topological polar surface area (TPSA) is 51.0 Å². The van der Waals surface area contributed by atoms with Gasteiger partial charge in [0.15, 0.2) is 5.82 Å². The third kappa shape index (κ3) is 3.80. The Hall–Kier alpha value is -0.900. The summed E-state index contributed by atoms with van der Waals surface area (Å²) in [5.41, 5.74) is 0.468. The Morgan fingerprint density at radius 3 is 2.56 bits per heavy atom. The van der Waals surface area contributed by atoms with E-state index in [1.165, 1.54) is 32.1 Å². The van der Waals surface area contributed by atoms with Gasteiger partial charge in [-0.05, 0) is 37.0 Å². The molecule has 0 spiro atoms. The fraction of sp³-hybridized carbons (Fsp3) is 0.857. The van der Waals surface area contributed by atoms with E-state index in [4.69, 9.17) is 4.52 Å². The van der Waals surface area contributed by atoms with Gasteiger partial charge in [0.1, 0.15) is 0 Å². The van der Waals surface area contributed by atoms with Crippen LogP contribution in [0.25, 0.3) is 0 Å². The normalized spacial score (nSPS) is 25.3. The predicted octanol–water partition coefficient (Wildman–Crippen LogP) is 2.81. The lowest BCUT2D eigenvalue weighted by molar-refractivity contribution is 0.160. The highest BCUT2D eigenvalue weighted by Gasteiger charge is 2.29. The molecule has 0 saturated heterocycles. The number of aromatic nitrogens is 2. The lowest BCUT2D eigenvalue weighted by atomic mass is 9.71. The summed E-state index contributed by atoms with van der Waals surface area (Å²) in [6.45, 7) is 8.04. The van der Waals surface area contributed by atoms with Gasteiger partial charge in [-0.3, -0.25) is 0 Å². The molecule has 0 radical (unpaired) electrons. The van der Waals surface area contributed by atoms with Crippen molar-refractivity contribution >= 4 is 0 Å². The van der Waals surface area contributed by atoms with Crippen molar-refractivity contribution < 1.29 is 4.52 Å². The van der Waals surface area contributed by atoms with Gasteiger partial charge in [-0.15, -0.1) is 0 Å². The van der Waals surface area contributed by atoms with Crippen LogP contribution in [-0.4, -0.2) is 22.7 Å². The Bertz CT molecular complexity index is 334. The van der Waals surface area contributed by atoms with Crippen LogP contribution in [-0.2, 0) is 6.42 Å². The molecule has 0 aliphatic heterocycles. The van der Waals surface area contributed by atoms with Crippen LogP contribution in [0, 0.1) is 11.3 Å². The van der Waals surface area contributed by atoms with Gasteiger partial charge >= 0.3 is 0 Å². The Labute approximate surface area is 110 Å². The average molecular weight is 251 g/mol. The van der Waals surface area contributed by atoms with Crippen LogP contribution in [0.15, 0.2) is 10.9 Å². The zero-order valence-corrected chi connectivity index (χ0v) is 11.8. The van der Waals surface area contributed by atoms with E-state index in [0.29, 0.717) is 11.5 Å². The van der Waals surface area contributed by atoms with Crippen molar-refractivity contribution in [1.29, 1.82) is 0 Å². The van der Waals surface area contributed by atoms with Crippen molar-refractivity contribution in [3.05, 3.63) is 12.2 Å². The highest BCUT2D eigenvalue weighted by molar-refractivity contribution is 4.85. The smallest absolute Gasteiger partial charge is 0.213 e. The molecule has 1 aromatic heterocycles. The van der Waals surface area contributed by atoms with E-state index < -0.39 is 0 Å². The standard InChI is InChI=1S/C14H25N3O/c1-14(2,3)11-4-6-12(7-5-11)15-9-8-13-16-10-18-17-13/h10-12,15H,4-9H2,1-3H3. The molecular weight excluding hydrogens is 226 g/mol. The number of hydrogen-bond donors (Lipinski definition) is 1. The third-order valence-corrected chi connectivity index (χ3v) is 4.14. The molecule has 0 unspecified atom stereocenters. The van der Waals surface area contributed by atoms with E-state index in [2.05, 4.69) is 36.2 Å². The van der Waals surface area contributed by atoms with Crippen LogP contribution < -0.4 is 5.32 Å². The van der Waals surface area contributed by atoms with Crippen LogP contribution in [0.1, 0.15) is 52.3 Å². The molecule has 1 aliphatic rings. The van der Waals surface area contributed by atoms with Gasteiger partial charge in [-0.2, -0.15) is 4.98 Å². The number of nitrogens with zero attached hydrogens (tertiary/aromatic N) is 2. The summed E-state index contributed by atoms with van der Waals surface area (Å²) in [7, 11) is 0. The van der Waals surface area contributed by atoms with Gasteiger partial charge in [0.25, 0.3) is 0 Å².